The molecular weight excluding hydrogens is 516 g/mol. The van der Waals surface area contributed by atoms with Crippen molar-refractivity contribution in [2.75, 3.05) is 56.5 Å². The zero-order chi connectivity index (χ0) is 27.8. The predicted octanol–water partition coefficient (Wildman–Crippen LogP) is 3.66. The van der Waals surface area contributed by atoms with Crippen LogP contribution in [0.5, 0.6) is 0 Å². The van der Waals surface area contributed by atoms with Gasteiger partial charge >= 0.3 is 0 Å². The van der Waals surface area contributed by atoms with Crippen LogP contribution in [0.15, 0.2) is 55.2 Å². The molecule has 2 fully saturated rings. The maximum atomic E-state index is 13.2. The molecule has 41 heavy (non-hydrogen) atoms. The van der Waals surface area contributed by atoms with Gasteiger partial charge in [-0.2, -0.15) is 10.1 Å². The van der Waals surface area contributed by atoms with E-state index in [9.17, 15) is 4.79 Å². The molecule has 0 unspecified atom stereocenters. The molecular formula is C30H34N10O. The molecule has 11 nitrogen and oxygen atoms in total. The predicted molar refractivity (Wildman–Crippen MR) is 159 cm³/mol. The summed E-state index contributed by atoms with van der Waals surface area (Å²) in [5.74, 6) is 1.63. The van der Waals surface area contributed by atoms with Gasteiger partial charge in [0.25, 0.3) is 5.91 Å². The number of carbonyl (C=O) groups is 1. The van der Waals surface area contributed by atoms with E-state index < -0.39 is 0 Å². The third kappa shape index (κ3) is 5.08. The summed E-state index contributed by atoms with van der Waals surface area (Å²) < 4.78 is 1.76. The molecule has 1 amide bonds. The largest absolute Gasteiger partial charge is 0.354 e. The van der Waals surface area contributed by atoms with Gasteiger partial charge in [0.15, 0.2) is 0 Å². The second-order valence-electron chi connectivity index (χ2n) is 11.0. The van der Waals surface area contributed by atoms with Gasteiger partial charge in [0.1, 0.15) is 11.5 Å². The second kappa shape index (κ2) is 10.8. The van der Waals surface area contributed by atoms with Crippen LogP contribution in [-0.4, -0.2) is 91.6 Å². The molecule has 0 radical (unpaired) electrons. The van der Waals surface area contributed by atoms with Crippen molar-refractivity contribution in [3.8, 4) is 11.1 Å². The molecule has 7 rings (SSSR count). The van der Waals surface area contributed by atoms with Crippen LogP contribution in [0.2, 0.25) is 0 Å². The number of likely N-dealkylation sites (tertiary alicyclic amines) is 1. The van der Waals surface area contributed by atoms with Crippen molar-refractivity contribution in [3.05, 3.63) is 66.4 Å². The van der Waals surface area contributed by atoms with E-state index in [1.54, 1.807) is 10.7 Å². The van der Waals surface area contributed by atoms with Gasteiger partial charge in [-0.3, -0.25) is 4.79 Å². The van der Waals surface area contributed by atoms with Crippen LogP contribution in [0, 0.1) is 0 Å². The molecule has 2 saturated heterocycles. The van der Waals surface area contributed by atoms with E-state index in [2.05, 4.69) is 54.3 Å². The maximum absolute atomic E-state index is 13.2. The van der Waals surface area contributed by atoms with E-state index in [4.69, 9.17) is 4.98 Å². The quantitative estimate of drug-likeness (QED) is 0.330. The summed E-state index contributed by atoms with van der Waals surface area (Å²) in [6.45, 7) is 6.32. The minimum absolute atomic E-state index is 0.0546. The second-order valence-corrected chi connectivity index (χ2v) is 11.0. The standard InChI is InChI=1S/C30H34N10O/c1-37-11-13-38(14-12-37)27-6-5-21(16-31-27)17-33-30-34-19-24-23(18-32-28(24)36-30)22-7-10-40-26(15-22)25(20-35-40)29(41)39-8-3-2-4-9-39/h5-7,10,15-16,18-20H,2-4,8-9,11-14,17H2,1H3,(H2,32,33,34,36). The summed E-state index contributed by atoms with van der Waals surface area (Å²) in [6.07, 6.45) is 12.6. The number of H-pyrrole nitrogens is 1. The fourth-order valence-corrected chi connectivity index (χ4v) is 5.74. The molecule has 2 N–H and O–H groups in total. The molecule has 2 aliphatic heterocycles. The first-order chi connectivity index (χ1) is 20.1. The topological polar surface area (TPSA) is 111 Å². The summed E-state index contributed by atoms with van der Waals surface area (Å²) >= 11 is 0. The summed E-state index contributed by atoms with van der Waals surface area (Å²) in [4.78, 5) is 37.1. The normalized spacial score (nSPS) is 16.5. The lowest BCUT2D eigenvalue weighted by atomic mass is 10.1. The van der Waals surface area contributed by atoms with Gasteiger partial charge in [0.2, 0.25) is 5.95 Å². The van der Waals surface area contributed by atoms with Gasteiger partial charge in [-0.25, -0.2) is 14.5 Å². The highest BCUT2D eigenvalue weighted by atomic mass is 16.2. The van der Waals surface area contributed by atoms with Crippen LogP contribution < -0.4 is 10.2 Å². The van der Waals surface area contributed by atoms with E-state index in [0.29, 0.717) is 18.1 Å². The zero-order valence-electron chi connectivity index (χ0n) is 23.3. The number of likely N-dealkylation sites (N-methyl/N-ethyl adjacent to an activating group) is 1. The monoisotopic (exact) mass is 550 g/mol. The van der Waals surface area contributed by atoms with Crippen molar-refractivity contribution in [1.82, 2.24) is 39.3 Å². The first-order valence-electron chi connectivity index (χ1n) is 14.4. The Morgan fingerprint density at radius 2 is 1.83 bits per heavy atom. The van der Waals surface area contributed by atoms with Crippen LogP contribution >= 0.6 is 0 Å². The van der Waals surface area contributed by atoms with E-state index in [1.807, 2.05) is 41.8 Å². The number of amides is 1. The van der Waals surface area contributed by atoms with Crippen LogP contribution in [-0.2, 0) is 6.54 Å². The minimum Gasteiger partial charge on any atom is -0.354 e. The van der Waals surface area contributed by atoms with Gasteiger partial charge in [-0.1, -0.05) is 6.07 Å². The Kier molecular flexibility index (Phi) is 6.71. The highest BCUT2D eigenvalue weighted by Gasteiger charge is 2.22. The number of carbonyl (C=O) groups excluding carboxylic acids is 1. The summed E-state index contributed by atoms with van der Waals surface area (Å²) in [6, 6.07) is 8.23. The van der Waals surface area contributed by atoms with Gasteiger partial charge in [-0.15, -0.1) is 0 Å². The number of anilines is 2. The molecule has 5 aromatic rings. The van der Waals surface area contributed by atoms with Gasteiger partial charge < -0.3 is 25.0 Å². The number of rotatable bonds is 6. The average molecular weight is 551 g/mol. The number of pyridine rings is 2. The molecule has 210 valence electrons. The lowest BCUT2D eigenvalue weighted by Gasteiger charge is -2.33. The van der Waals surface area contributed by atoms with Gasteiger partial charge in [-0.05, 0) is 55.6 Å². The SMILES string of the molecule is CN1CCN(c2ccc(CNc3ncc4c(-c5ccn6ncc(C(=O)N7CCCCC7)c6c5)c[nH]c4n3)cn2)CC1. The first-order valence-corrected chi connectivity index (χ1v) is 14.4. The number of hydrogen-bond donors (Lipinski definition) is 2. The van der Waals surface area contributed by atoms with E-state index in [0.717, 1.165) is 91.2 Å². The van der Waals surface area contributed by atoms with Gasteiger partial charge in [0, 0.05) is 81.6 Å². The number of piperazine rings is 1. The molecule has 7 heterocycles. The number of aromatic nitrogens is 6. The molecule has 2 aliphatic rings. The Morgan fingerprint density at radius 1 is 0.976 bits per heavy atom. The van der Waals surface area contributed by atoms with Gasteiger partial charge in [0.05, 0.1) is 17.3 Å². The van der Waals surface area contributed by atoms with Crippen molar-refractivity contribution in [2.24, 2.45) is 0 Å². The lowest BCUT2D eigenvalue weighted by Crippen LogP contribution is -2.44. The third-order valence-electron chi connectivity index (χ3n) is 8.23. The van der Waals surface area contributed by atoms with Crippen LogP contribution in [0.4, 0.5) is 11.8 Å². The van der Waals surface area contributed by atoms with Crippen LogP contribution in [0.1, 0.15) is 35.2 Å². The Balaban J connectivity index is 1.06. The smallest absolute Gasteiger partial charge is 0.257 e. The van der Waals surface area contributed by atoms with Crippen LogP contribution in [0.3, 0.4) is 0 Å². The maximum Gasteiger partial charge on any atom is 0.257 e. The molecule has 0 aliphatic carbocycles. The Hall–Kier alpha value is -4.51. The lowest BCUT2D eigenvalue weighted by molar-refractivity contribution is 0.0726. The fraction of sp³-hybridized carbons (Fsp3) is 0.367. The highest BCUT2D eigenvalue weighted by molar-refractivity contribution is 6.02. The van der Waals surface area contributed by atoms with Crippen LogP contribution in [0.25, 0.3) is 27.7 Å². The summed E-state index contributed by atoms with van der Waals surface area (Å²) in [7, 11) is 2.16. The number of fused-ring (bicyclic) bond motifs is 2. The number of nitrogens with zero attached hydrogens (tertiary/aromatic N) is 8. The minimum atomic E-state index is 0.0546. The summed E-state index contributed by atoms with van der Waals surface area (Å²) in [5, 5.41) is 8.67. The molecule has 0 aromatic carbocycles. The zero-order valence-corrected chi connectivity index (χ0v) is 23.3. The Bertz CT molecular complexity index is 1680. The number of hydrogen-bond acceptors (Lipinski definition) is 8. The van der Waals surface area contributed by atoms with Crippen molar-refractivity contribution in [3.63, 3.8) is 0 Å². The van der Waals surface area contributed by atoms with E-state index in [-0.39, 0.29) is 5.91 Å². The Labute approximate surface area is 238 Å². The number of aromatic amines is 1. The molecule has 0 bridgehead atoms. The molecule has 0 spiro atoms. The fourth-order valence-electron chi connectivity index (χ4n) is 5.74. The molecule has 0 saturated carbocycles. The Morgan fingerprint density at radius 3 is 2.63 bits per heavy atom. The molecule has 5 aromatic heterocycles. The summed E-state index contributed by atoms with van der Waals surface area (Å²) in [5.41, 5.74) is 5.23. The third-order valence-corrected chi connectivity index (χ3v) is 8.23. The first kappa shape index (κ1) is 25.5. The average Bonchev–Trinajstić information content (AvgIpc) is 3.64. The number of piperidine rings is 1. The number of nitrogens with one attached hydrogen (secondary N) is 2. The molecule has 11 heteroatoms. The van der Waals surface area contributed by atoms with E-state index in [1.165, 1.54) is 6.42 Å². The highest BCUT2D eigenvalue weighted by Crippen LogP contribution is 2.30. The van der Waals surface area contributed by atoms with Crippen molar-refractivity contribution in [2.45, 2.75) is 25.8 Å². The van der Waals surface area contributed by atoms with E-state index >= 15 is 0 Å². The van der Waals surface area contributed by atoms with Crippen molar-refractivity contribution >= 4 is 34.2 Å². The molecule has 0 atom stereocenters. The van der Waals surface area contributed by atoms with Crippen molar-refractivity contribution in [1.29, 1.82) is 0 Å². The van der Waals surface area contributed by atoms with Crippen molar-refractivity contribution < 1.29 is 4.79 Å².